The Morgan fingerprint density at radius 1 is 1.19 bits per heavy atom. The number of benzene rings is 2. The van der Waals surface area contributed by atoms with Crippen LogP contribution in [0.1, 0.15) is 18.4 Å². The van der Waals surface area contributed by atoms with Gasteiger partial charge in [0, 0.05) is 22.5 Å². The second-order valence-corrected chi connectivity index (χ2v) is 6.96. The zero-order chi connectivity index (χ0) is 19.8. The monoisotopic (exact) mass is 426 g/mol. The van der Waals surface area contributed by atoms with Crippen molar-refractivity contribution in [2.75, 3.05) is 19.0 Å². The Labute approximate surface area is 173 Å². The third-order valence-electron chi connectivity index (χ3n) is 3.61. The lowest BCUT2D eigenvalue weighted by Crippen LogP contribution is -2.34. The number of carbonyl (C=O) groups is 1. The van der Waals surface area contributed by atoms with Gasteiger partial charge in [-0.1, -0.05) is 23.2 Å². The minimum atomic E-state index is -0.197. The number of carbonyl (C=O) groups excluding carboxylic acids is 1. The van der Waals surface area contributed by atoms with E-state index in [1.807, 2.05) is 6.92 Å². The number of methoxy groups -OCH3 is 1. The van der Waals surface area contributed by atoms with Gasteiger partial charge in [-0.15, -0.1) is 0 Å². The normalized spacial score (nSPS) is 10.2. The number of hydrogen-bond donors (Lipinski definition) is 2. The number of thiocarbonyl (C=S) groups is 1. The van der Waals surface area contributed by atoms with Crippen LogP contribution in [0.2, 0.25) is 10.0 Å². The minimum absolute atomic E-state index is 0.193. The lowest BCUT2D eigenvalue weighted by atomic mass is 10.2. The SMILES string of the molecule is COc1cc(Cl)c(C)cc1NC(=S)NC(=O)CCCOc1ccc(Cl)cc1. The number of anilines is 1. The first-order valence-corrected chi connectivity index (χ1v) is 9.39. The topological polar surface area (TPSA) is 59.6 Å². The molecule has 0 spiro atoms. The summed E-state index contributed by atoms with van der Waals surface area (Å²) >= 11 is 17.1. The van der Waals surface area contributed by atoms with Crippen LogP contribution in [0.25, 0.3) is 0 Å². The predicted octanol–water partition coefficient (Wildman–Crippen LogP) is 4.98. The van der Waals surface area contributed by atoms with Crippen molar-refractivity contribution in [3.8, 4) is 11.5 Å². The van der Waals surface area contributed by atoms with E-state index >= 15 is 0 Å². The van der Waals surface area contributed by atoms with Crippen molar-refractivity contribution < 1.29 is 14.3 Å². The highest BCUT2D eigenvalue weighted by atomic mass is 35.5. The maximum absolute atomic E-state index is 12.0. The molecule has 2 rings (SSSR count). The van der Waals surface area contributed by atoms with E-state index in [1.54, 1.807) is 36.4 Å². The number of ether oxygens (including phenoxy) is 2. The molecule has 0 aliphatic carbocycles. The first-order valence-electron chi connectivity index (χ1n) is 8.22. The molecule has 0 unspecified atom stereocenters. The number of rotatable bonds is 7. The van der Waals surface area contributed by atoms with Crippen molar-refractivity contribution in [2.24, 2.45) is 0 Å². The Kier molecular flexibility index (Phi) is 8.16. The van der Waals surface area contributed by atoms with Gasteiger partial charge in [0.25, 0.3) is 0 Å². The highest BCUT2D eigenvalue weighted by Crippen LogP contribution is 2.30. The molecule has 144 valence electrons. The van der Waals surface area contributed by atoms with E-state index in [2.05, 4.69) is 10.6 Å². The van der Waals surface area contributed by atoms with Crippen molar-refractivity contribution in [2.45, 2.75) is 19.8 Å². The smallest absolute Gasteiger partial charge is 0.226 e. The van der Waals surface area contributed by atoms with Crippen molar-refractivity contribution in [3.63, 3.8) is 0 Å². The molecule has 0 radical (unpaired) electrons. The summed E-state index contributed by atoms with van der Waals surface area (Å²) in [5.74, 6) is 1.05. The van der Waals surface area contributed by atoms with Crippen LogP contribution in [0.15, 0.2) is 36.4 Å². The number of hydrogen-bond acceptors (Lipinski definition) is 4. The molecular formula is C19H20Cl2N2O3S. The zero-order valence-electron chi connectivity index (χ0n) is 15.0. The minimum Gasteiger partial charge on any atom is -0.495 e. The van der Waals surface area contributed by atoms with Gasteiger partial charge in [0.05, 0.1) is 19.4 Å². The first kappa shape index (κ1) is 21.3. The fourth-order valence-corrected chi connectivity index (χ4v) is 2.73. The Balaban J connectivity index is 1.76. The van der Waals surface area contributed by atoms with Gasteiger partial charge in [-0.05, 0) is 61.5 Å². The molecule has 0 saturated heterocycles. The maximum Gasteiger partial charge on any atom is 0.226 e. The average molecular weight is 427 g/mol. The van der Waals surface area contributed by atoms with Crippen molar-refractivity contribution >= 4 is 52.1 Å². The van der Waals surface area contributed by atoms with Gasteiger partial charge in [0.15, 0.2) is 5.11 Å². The molecule has 0 aliphatic heterocycles. The van der Waals surface area contributed by atoms with Gasteiger partial charge in [-0.25, -0.2) is 0 Å². The van der Waals surface area contributed by atoms with Crippen LogP contribution < -0.4 is 20.1 Å². The number of halogens is 2. The molecule has 0 saturated carbocycles. The molecule has 1 amide bonds. The van der Waals surface area contributed by atoms with Gasteiger partial charge in [0.2, 0.25) is 5.91 Å². The Morgan fingerprint density at radius 3 is 2.56 bits per heavy atom. The summed E-state index contributed by atoms with van der Waals surface area (Å²) in [7, 11) is 1.54. The molecular weight excluding hydrogens is 407 g/mol. The molecule has 27 heavy (non-hydrogen) atoms. The molecule has 0 fully saturated rings. The van der Waals surface area contributed by atoms with Crippen LogP contribution in [0.4, 0.5) is 5.69 Å². The first-order chi connectivity index (χ1) is 12.9. The molecule has 0 aromatic heterocycles. The van der Waals surface area contributed by atoms with Gasteiger partial charge in [-0.2, -0.15) is 0 Å². The Bertz CT molecular complexity index is 813. The van der Waals surface area contributed by atoms with Crippen LogP contribution in [-0.2, 0) is 4.79 Å². The Hall–Kier alpha value is -2.02. The Morgan fingerprint density at radius 2 is 1.89 bits per heavy atom. The highest BCUT2D eigenvalue weighted by Gasteiger charge is 2.10. The van der Waals surface area contributed by atoms with E-state index in [4.69, 9.17) is 44.9 Å². The lowest BCUT2D eigenvalue weighted by Gasteiger charge is -2.14. The summed E-state index contributed by atoms with van der Waals surface area (Å²) < 4.78 is 10.8. The molecule has 5 nitrogen and oxygen atoms in total. The van der Waals surface area contributed by atoms with E-state index in [1.165, 1.54) is 7.11 Å². The number of amides is 1. The van der Waals surface area contributed by atoms with Gasteiger partial charge < -0.3 is 20.1 Å². The highest BCUT2D eigenvalue weighted by molar-refractivity contribution is 7.80. The number of nitrogens with one attached hydrogen (secondary N) is 2. The third kappa shape index (κ3) is 6.90. The van der Waals surface area contributed by atoms with Crippen molar-refractivity contribution in [3.05, 3.63) is 52.0 Å². The van der Waals surface area contributed by atoms with Crippen LogP contribution in [0.5, 0.6) is 11.5 Å². The molecule has 0 bridgehead atoms. The van der Waals surface area contributed by atoms with Gasteiger partial charge in [-0.3, -0.25) is 4.79 Å². The predicted molar refractivity (Wildman–Crippen MR) is 113 cm³/mol. The molecule has 2 aromatic carbocycles. The lowest BCUT2D eigenvalue weighted by molar-refractivity contribution is -0.119. The summed E-state index contributed by atoms with van der Waals surface area (Å²) in [6.07, 6.45) is 0.840. The van der Waals surface area contributed by atoms with E-state index in [0.29, 0.717) is 40.3 Å². The van der Waals surface area contributed by atoms with E-state index < -0.39 is 0 Å². The molecule has 0 heterocycles. The van der Waals surface area contributed by atoms with Crippen LogP contribution in [0.3, 0.4) is 0 Å². The molecule has 0 atom stereocenters. The van der Waals surface area contributed by atoms with Crippen LogP contribution in [0, 0.1) is 6.92 Å². The van der Waals surface area contributed by atoms with E-state index in [0.717, 1.165) is 5.56 Å². The molecule has 0 aliphatic rings. The van der Waals surface area contributed by atoms with Gasteiger partial charge in [0.1, 0.15) is 11.5 Å². The maximum atomic E-state index is 12.0. The summed E-state index contributed by atoms with van der Waals surface area (Å²) in [6.45, 7) is 2.29. The van der Waals surface area contributed by atoms with Crippen LogP contribution >= 0.6 is 35.4 Å². The number of aryl methyl sites for hydroxylation is 1. The van der Waals surface area contributed by atoms with Gasteiger partial charge >= 0.3 is 0 Å². The second kappa shape index (κ2) is 10.3. The fourth-order valence-electron chi connectivity index (χ4n) is 2.23. The average Bonchev–Trinajstić information content (AvgIpc) is 2.63. The van der Waals surface area contributed by atoms with E-state index in [9.17, 15) is 4.79 Å². The fraction of sp³-hybridized carbons (Fsp3) is 0.263. The quantitative estimate of drug-likeness (QED) is 0.482. The van der Waals surface area contributed by atoms with Crippen molar-refractivity contribution in [1.29, 1.82) is 0 Å². The molecule has 8 heteroatoms. The second-order valence-electron chi connectivity index (χ2n) is 5.71. The molecule has 2 aromatic rings. The summed E-state index contributed by atoms with van der Waals surface area (Å²) in [5.41, 5.74) is 1.50. The van der Waals surface area contributed by atoms with E-state index in [-0.39, 0.29) is 17.4 Å². The zero-order valence-corrected chi connectivity index (χ0v) is 17.3. The summed E-state index contributed by atoms with van der Waals surface area (Å²) in [6, 6.07) is 10.6. The molecule has 2 N–H and O–H groups in total. The van der Waals surface area contributed by atoms with Crippen LogP contribution in [-0.4, -0.2) is 24.7 Å². The third-order valence-corrected chi connectivity index (χ3v) is 4.48. The van der Waals surface area contributed by atoms with Crippen molar-refractivity contribution in [1.82, 2.24) is 5.32 Å². The summed E-state index contributed by atoms with van der Waals surface area (Å²) in [5, 5.41) is 7.03. The standard InChI is InChI=1S/C19H20Cl2N2O3S/c1-12-10-16(17(25-2)11-15(12)21)22-19(27)23-18(24)4-3-9-26-14-7-5-13(20)6-8-14/h5-8,10-11H,3-4,9H2,1-2H3,(H2,22,23,24,27). The largest absolute Gasteiger partial charge is 0.495 e. The summed E-state index contributed by atoms with van der Waals surface area (Å²) in [4.78, 5) is 12.0.